The predicted molar refractivity (Wildman–Crippen MR) is 104 cm³/mol. The fraction of sp³-hybridized carbons (Fsp3) is 0.474. The van der Waals surface area contributed by atoms with Crippen LogP contribution in [0.25, 0.3) is 0 Å². The number of rotatable bonds is 8. The maximum atomic E-state index is 12.9. The van der Waals surface area contributed by atoms with Gasteiger partial charge in [-0.05, 0) is 31.4 Å². The number of anilines is 1. The largest absolute Gasteiger partial charge is 0.384 e. The number of amides is 4. The first-order valence-electron chi connectivity index (χ1n) is 9.19. The maximum Gasteiger partial charge on any atom is 0.264 e. The average Bonchev–Trinajstić information content (AvgIpc) is 2.90. The molecular formula is C19H22BrN3O4. The van der Waals surface area contributed by atoms with Crippen LogP contribution in [0.3, 0.4) is 0 Å². The molecule has 0 saturated carbocycles. The van der Waals surface area contributed by atoms with Gasteiger partial charge in [-0.25, -0.2) is 0 Å². The van der Waals surface area contributed by atoms with Gasteiger partial charge in [0.25, 0.3) is 11.8 Å². The van der Waals surface area contributed by atoms with E-state index in [0.717, 1.165) is 35.9 Å². The monoisotopic (exact) mass is 435 g/mol. The van der Waals surface area contributed by atoms with Gasteiger partial charge < -0.3 is 5.32 Å². The molecule has 1 fully saturated rings. The molecule has 8 heteroatoms. The molecule has 2 N–H and O–H groups in total. The number of carbonyl (C=O) groups is 4. The van der Waals surface area contributed by atoms with Crippen molar-refractivity contribution >= 4 is 45.2 Å². The molecule has 2 heterocycles. The predicted octanol–water partition coefficient (Wildman–Crippen LogP) is 2.46. The number of nitrogens with zero attached hydrogens (tertiary/aromatic N) is 1. The molecule has 3 rings (SSSR count). The zero-order chi connectivity index (χ0) is 19.4. The second-order valence-corrected chi connectivity index (χ2v) is 7.50. The van der Waals surface area contributed by atoms with Crippen molar-refractivity contribution in [2.45, 2.75) is 44.6 Å². The highest BCUT2D eigenvalue weighted by Crippen LogP contribution is 2.32. The molecule has 1 unspecified atom stereocenters. The second-order valence-electron chi connectivity index (χ2n) is 6.71. The van der Waals surface area contributed by atoms with Crippen molar-refractivity contribution in [2.24, 2.45) is 0 Å². The van der Waals surface area contributed by atoms with Gasteiger partial charge in [-0.1, -0.05) is 34.8 Å². The molecule has 0 aromatic heterocycles. The van der Waals surface area contributed by atoms with Crippen LogP contribution in [0.5, 0.6) is 0 Å². The van der Waals surface area contributed by atoms with Crippen molar-refractivity contribution in [1.29, 1.82) is 0 Å². The Bertz CT molecular complexity index is 780. The highest BCUT2D eigenvalue weighted by molar-refractivity contribution is 9.09. The number of alkyl halides is 1. The molecule has 1 aromatic carbocycles. The molecule has 1 saturated heterocycles. The van der Waals surface area contributed by atoms with Crippen LogP contribution >= 0.6 is 15.9 Å². The number of benzene rings is 1. The fourth-order valence-electron chi connectivity index (χ4n) is 3.46. The van der Waals surface area contributed by atoms with Crippen molar-refractivity contribution < 1.29 is 19.2 Å². The summed E-state index contributed by atoms with van der Waals surface area (Å²) in [6, 6.07) is 4.16. The topological polar surface area (TPSA) is 95.6 Å². The second kappa shape index (κ2) is 8.65. The molecule has 0 aliphatic carbocycles. The van der Waals surface area contributed by atoms with Crippen LogP contribution in [0.2, 0.25) is 0 Å². The van der Waals surface area contributed by atoms with Gasteiger partial charge in [-0.2, -0.15) is 0 Å². The van der Waals surface area contributed by atoms with E-state index in [1.807, 2.05) is 0 Å². The zero-order valence-corrected chi connectivity index (χ0v) is 16.5. The summed E-state index contributed by atoms with van der Waals surface area (Å²) in [5.74, 6) is -1.94. The summed E-state index contributed by atoms with van der Waals surface area (Å²) in [6.45, 7) is 0.707. The summed E-state index contributed by atoms with van der Waals surface area (Å²) in [6.07, 6.45) is 4.60. The Balaban J connectivity index is 1.72. The van der Waals surface area contributed by atoms with E-state index in [1.165, 1.54) is 0 Å². The fourth-order valence-corrected chi connectivity index (χ4v) is 3.85. The lowest BCUT2D eigenvalue weighted by molar-refractivity contribution is -0.136. The van der Waals surface area contributed by atoms with Crippen LogP contribution in [0.15, 0.2) is 18.2 Å². The smallest absolute Gasteiger partial charge is 0.264 e. The number of carbonyl (C=O) groups excluding carboxylic acids is 4. The van der Waals surface area contributed by atoms with E-state index >= 15 is 0 Å². The Morgan fingerprint density at radius 1 is 1.07 bits per heavy atom. The zero-order valence-electron chi connectivity index (χ0n) is 14.9. The summed E-state index contributed by atoms with van der Waals surface area (Å²) < 4.78 is 0. The molecule has 1 aromatic rings. The van der Waals surface area contributed by atoms with Gasteiger partial charge in [0.15, 0.2) is 0 Å². The highest BCUT2D eigenvalue weighted by atomic mass is 79.9. The van der Waals surface area contributed by atoms with Gasteiger partial charge in [0.05, 0.1) is 11.1 Å². The van der Waals surface area contributed by atoms with Crippen molar-refractivity contribution in [1.82, 2.24) is 10.2 Å². The van der Waals surface area contributed by atoms with Gasteiger partial charge in [0.2, 0.25) is 11.8 Å². The third kappa shape index (κ3) is 4.05. The molecule has 2 aliphatic rings. The Kier molecular flexibility index (Phi) is 6.26. The van der Waals surface area contributed by atoms with E-state index in [9.17, 15) is 19.2 Å². The van der Waals surface area contributed by atoms with Crippen LogP contribution in [0, 0.1) is 0 Å². The van der Waals surface area contributed by atoms with E-state index < -0.39 is 23.8 Å². The van der Waals surface area contributed by atoms with Crippen LogP contribution in [-0.4, -0.2) is 46.4 Å². The molecule has 4 amide bonds. The Morgan fingerprint density at radius 2 is 1.85 bits per heavy atom. The lowest BCUT2D eigenvalue weighted by Crippen LogP contribution is -2.54. The SMILES string of the molecule is O=C1CCC(N2C(=O)c3cccc(NCCCCCCBr)c3C2=O)C(=O)N1. The van der Waals surface area contributed by atoms with Crippen molar-refractivity contribution in [2.75, 3.05) is 17.2 Å². The summed E-state index contributed by atoms with van der Waals surface area (Å²) >= 11 is 3.41. The molecule has 2 aliphatic heterocycles. The van der Waals surface area contributed by atoms with Gasteiger partial charge in [0, 0.05) is 24.0 Å². The molecular weight excluding hydrogens is 414 g/mol. The number of piperidine rings is 1. The van der Waals surface area contributed by atoms with Crippen molar-refractivity contribution in [3.8, 4) is 0 Å². The van der Waals surface area contributed by atoms with Crippen LogP contribution in [0.1, 0.15) is 59.2 Å². The molecule has 0 bridgehead atoms. The number of halogens is 1. The standard InChI is InChI=1S/C19H22BrN3O4/c20-10-3-1-2-4-11-21-13-7-5-6-12-16(13)19(27)23(18(12)26)14-8-9-15(24)22-17(14)25/h5-7,14,21H,1-4,8-11H2,(H,22,24,25). The summed E-state index contributed by atoms with van der Waals surface area (Å²) in [5, 5.41) is 6.45. The number of fused-ring (bicyclic) bond motifs is 1. The van der Waals surface area contributed by atoms with E-state index in [2.05, 4.69) is 26.6 Å². The first kappa shape index (κ1) is 19.5. The van der Waals surface area contributed by atoms with Gasteiger partial charge in [0.1, 0.15) is 6.04 Å². The molecule has 27 heavy (non-hydrogen) atoms. The highest BCUT2D eigenvalue weighted by Gasteiger charge is 2.45. The molecule has 0 radical (unpaired) electrons. The number of unbranched alkanes of at least 4 members (excludes halogenated alkanes) is 3. The first-order chi connectivity index (χ1) is 13.0. The van der Waals surface area contributed by atoms with E-state index in [1.54, 1.807) is 18.2 Å². The van der Waals surface area contributed by atoms with Gasteiger partial charge in [-0.3, -0.25) is 29.4 Å². The van der Waals surface area contributed by atoms with E-state index in [0.29, 0.717) is 23.4 Å². The lowest BCUT2D eigenvalue weighted by atomic mass is 10.0. The molecule has 7 nitrogen and oxygen atoms in total. The normalized spacial score (nSPS) is 19.3. The van der Waals surface area contributed by atoms with Gasteiger partial charge in [-0.15, -0.1) is 0 Å². The minimum atomic E-state index is -0.938. The Hall–Kier alpha value is -2.22. The van der Waals surface area contributed by atoms with Crippen molar-refractivity contribution in [3.63, 3.8) is 0 Å². The van der Waals surface area contributed by atoms with E-state index in [4.69, 9.17) is 0 Å². The van der Waals surface area contributed by atoms with Crippen molar-refractivity contribution in [3.05, 3.63) is 29.3 Å². The summed E-state index contributed by atoms with van der Waals surface area (Å²) in [7, 11) is 0. The Morgan fingerprint density at radius 3 is 2.59 bits per heavy atom. The van der Waals surface area contributed by atoms with Crippen LogP contribution in [-0.2, 0) is 9.59 Å². The minimum Gasteiger partial charge on any atom is -0.384 e. The van der Waals surface area contributed by atoms with Crippen LogP contribution in [0.4, 0.5) is 5.69 Å². The average molecular weight is 436 g/mol. The Labute approximate surface area is 166 Å². The molecule has 1 atom stereocenters. The van der Waals surface area contributed by atoms with E-state index in [-0.39, 0.29) is 18.7 Å². The lowest BCUT2D eigenvalue weighted by Gasteiger charge is -2.27. The third-order valence-corrected chi connectivity index (χ3v) is 5.40. The van der Waals surface area contributed by atoms with Crippen LogP contribution < -0.4 is 10.6 Å². The van der Waals surface area contributed by atoms with Gasteiger partial charge >= 0.3 is 0 Å². The number of hydrogen-bond donors (Lipinski definition) is 2. The maximum absolute atomic E-state index is 12.9. The number of imide groups is 2. The molecule has 0 spiro atoms. The number of nitrogens with one attached hydrogen (secondary N) is 2. The molecule has 144 valence electrons. The first-order valence-corrected chi connectivity index (χ1v) is 10.3. The third-order valence-electron chi connectivity index (χ3n) is 4.84. The summed E-state index contributed by atoms with van der Waals surface area (Å²) in [4.78, 5) is 50.1. The number of hydrogen-bond acceptors (Lipinski definition) is 5. The quantitative estimate of drug-likeness (QED) is 0.371. The summed E-state index contributed by atoms with van der Waals surface area (Å²) in [5.41, 5.74) is 1.22. The minimum absolute atomic E-state index is 0.114.